The first-order chi connectivity index (χ1) is 8.75. The van der Waals surface area contributed by atoms with Crippen LogP contribution in [0, 0.1) is 0 Å². The van der Waals surface area contributed by atoms with Crippen LogP contribution in [0.2, 0.25) is 0 Å². The van der Waals surface area contributed by atoms with Crippen molar-refractivity contribution in [3.8, 4) is 11.5 Å². The molecule has 6 heteroatoms. The topological polar surface area (TPSA) is 91.8 Å². The van der Waals surface area contributed by atoms with E-state index in [1.54, 1.807) is 18.3 Å². The van der Waals surface area contributed by atoms with E-state index in [9.17, 15) is 4.79 Å². The molecular weight excluding hydrogens is 232 g/mol. The molecule has 3 heterocycles. The number of rotatable bonds is 2. The number of aromatic carboxylic acids is 1. The summed E-state index contributed by atoms with van der Waals surface area (Å²) in [5.74, 6) is -0.509. The molecule has 0 unspecified atom stereocenters. The van der Waals surface area contributed by atoms with Crippen molar-refractivity contribution in [2.75, 3.05) is 0 Å². The van der Waals surface area contributed by atoms with Crippen molar-refractivity contribution in [3.63, 3.8) is 0 Å². The van der Waals surface area contributed by atoms with Gasteiger partial charge in [0.15, 0.2) is 11.5 Å². The zero-order chi connectivity index (χ0) is 12.5. The highest BCUT2D eigenvalue weighted by molar-refractivity contribution is 6.00. The molecule has 3 aromatic rings. The summed E-state index contributed by atoms with van der Waals surface area (Å²) in [6.07, 6.45) is 3.07. The fourth-order valence-electron chi connectivity index (χ4n) is 1.71. The van der Waals surface area contributed by atoms with Crippen molar-refractivity contribution in [1.82, 2.24) is 19.9 Å². The number of pyridine rings is 2. The molecule has 0 fully saturated rings. The Kier molecular flexibility index (Phi) is 2.26. The molecule has 0 spiro atoms. The van der Waals surface area contributed by atoms with Crippen LogP contribution in [0.25, 0.3) is 22.7 Å². The SMILES string of the molecule is O=C(O)c1ccnc2nc(-c3ccccn3)[nH]c12. The third-order valence-corrected chi connectivity index (χ3v) is 2.53. The van der Waals surface area contributed by atoms with E-state index in [4.69, 9.17) is 5.11 Å². The minimum atomic E-state index is -1.02. The lowest BCUT2D eigenvalue weighted by atomic mass is 10.2. The molecule has 88 valence electrons. The van der Waals surface area contributed by atoms with E-state index in [1.165, 1.54) is 12.3 Å². The third kappa shape index (κ3) is 1.60. The van der Waals surface area contributed by atoms with Gasteiger partial charge in [-0.05, 0) is 18.2 Å². The van der Waals surface area contributed by atoms with Crippen LogP contribution in [0.4, 0.5) is 0 Å². The van der Waals surface area contributed by atoms with Gasteiger partial charge in [0.2, 0.25) is 0 Å². The molecule has 0 amide bonds. The number of aromatic amines is 1. The number of imidazole rings is 1. The van der Waals surface area contributed by atoms with Crippen LogP contribution in [-0.4, -0.2) is 31.0 Å². The van der Waals surface area contributed by atoms with Gasteiger partial charge in [-0.1, -0.05) is 6.07 Å². The molecule has 0 aliphatic heterocycles. The Morgan fingerprint density at radius 1 is 1.17 bits per heavy atom. The summed E-state index contributed by atoms with van der Waals surface area (Å²) in [5, 5.41) is 9.07. The Morgan fingerprint density at radius 3 is 2.78 bits per heavy atom. The maximum absolute atomic E-state index is 11.1. The molecule has 3 rings (SSSR count). The normalized spacial score (nSPS) is 10.7. The van der Waals surface area contributed by atoms with Crippen molar-refractivity contribution in [2.24, 2.45) is 0 Å². The standard InChI is InChI=1S/C12H8N4O2/c17-12(18)7-4-6-14-11-9(7)15-10(16-11)8-3-1-2-5-13-8/h1-6H,(H,17,18)(H,14,15,16). The Labute approximate surface area is 101 Å². The molecule has 3 aromatic heterocycles. The Morgan fingerprint density at radius 2 is 2.06 bits per heavy atom. The minimum Gasteiger partial charge on any atom is -0.478 e. The second-order valence-electron chi connectivity index (χ2n) is 3.66. The predicted molar refractivity (Wildman–Crippen MR) is 64.1 cm³/mol. The molecule has 0 aliphatic rings. The van der Waals surface area contributed by atoms with Crippen LogP contribution in [0.3, 0.4) is 0 Å². The lowest BCUT2D eigenvalue weighted by molar-refractivity contribution is 0.0699. The molecule has 0 saturated heterocycles. The number of aromatic nitrogens is 4. The van der Waals surface area contributed by atoms with E-state index in [-0.39, 0.29) is 5.56 Å². The molecule has 2 N–H and O–H groups in total. The summed E-state index contributed by atoms with van der Waals surface area (Å²) in [4.78, 5) is 26.4. The molecule has 18 heavy (non-hydrogen) atoms. The van der Waals surface area contributed by atoms with Crippen molar-refractivity contribution in [3.05, 3.63) is 42.2 Å². The highest BCUT2D eigenvalue weighted by Crippen LogP contribution is 2.19. The van der Waals surface area contributed by atoms with Crippen LogP contribution in [-0.2, 0) is 0 Å². The van der Waals surface area contributed by atoms with Gasteiger partial charge in [0.25, 0.3) is 0 Å². The maximum Gasteiger partial charge on any atom is 0.338 e. The van der Waals surface area contributed by atoms with Gasteiger partial charge in [-0.2, -0.15) is 0 Å². The van der Waals surface area contributed by atoms with E-state index in [0.29, 0.717) is 22.7 Å². The largest absolute Gasteiger partial charge is 0.478 e. The quantitative estimate of drug-likeness (QED) is 0.711. The Hall–Kier alpha value is -2.76. The van der Waals surface area contributed by atoms with Gasteiger partial charge in [0, 0.05) is 12.4 Å². The molecule has 0 radical (unpaired) electrons. The number of carbonyl (C=O) groups is 1. The lowest BCUT2D eigenvalue weighted by Crippen LogP contribution is -1.97. The second-order valence-corrected chi connectivity index (χ2v) is 3.66. The fourth-order valence-corrected chi connectivity index (χ4v) is 1.71. The summed E-state index contributed by atoms with van der Waals surface area (Å²) in [6, 6.07) is 6.86. The van der Waals surface area contributed by atoms with Gasteiger partial charge in [-0.25, -0.2) is 14.8 Å². The summed E-state index contributed by atoms with van der Waals surface area (Å²) >= 11 is 0. The van der Waals surface area contributed by atoms with Crippen LogP contribution in [0.1, 0.15) is 10.4 Å². The van der Waals surface area contributed by atoms with E-state index in [0.717, 1.165) is 0 Å². The average molecular weight is 240 g/mol. The third-order valence-electron chi connectivity index (χ3n) is 2.53. The van der Waals surface area contributed by atoms with Gasteiger partial charge in [-0.15, -0.1) is 0 Å². The van der Waals surface area contributed by atoms with Gasteiger partial charge in [-0.3, -0.25) is 4.98 Å². The maximum atomic E-state index is 11.1. The van der Waals surface area contributed by atoms with Gasteiger partial charge >= 0.3 is 5.97 Å². The minimum absolute atomic E-state index is 0.148. The fraction of sp³-hybridized carbons (Fsp3) is 0. The first-order valence-electron chi connectivity index (χ1n) is 5.25. The summed E-state index contributed by atoms with van der Waals surface area (Å²) in [7, 11) is 0. The molecule has 0 aliphatic carbocycles. The Balaban J connectivity index is 2.23. The lowest BCUT2D eigenvalue weighted by Gasteiger charge is -1.94. The van der Waals surface area contributed by atoms with E-state index >= 15 is 0 Å². The number of nitrogens with one attached hydrogen (secondary N) is 1. The summed E-state index contributed by atoms with van der Waals surface area (Å²) in [5.41, 5.74) is 1.57. The average Bonchev–Trinajstić information content (AvgIpc) is 2.83. The van der Waals surface area contributed by atoms with Crippen molar-refractivity contribution in [1.29, 1.82) is 0 Å². The number of nitrogens with zero attached hydrogens (tertiary/aromatic N) is 3. The van der Waals surface area contributed by atoms with Gasteiger partial charge in [0.05, 0.1) is 11.1 Å². The van der Waals surface area contributed by atoms with Crippen LogP contribution >= 0.6 is 0 Å². The van der Waals surface area contributed by atoms with E-state index < -0.39 is 5.97 Å². The molecule has 0 bridgehead atoms. The van der Waals surface area contributed by atoms with Gasteiger partial charge < -0.3 is 10.1 Å². The Bertz CT molecular complexity index is 721. The van der Waals surface area contributed by atoms with Crippen molar-refractivity contribution >= 4 is 17.1 Å². The van der Waals surface area contributed by atoms with E-state index in [2.05, 4.69) is 19.9 Å². The number of carboxylic acid groups (broad SMARTS) is 1. The first-order valence-corrected chi connectivity index (χ1v) is 5.25. The highest BCUT2D eigenvalue weighted by atomic mass is 16.4. The number of fused-ring (bicyclic) bond motifs is 1. The highest BCUT2D eigenvalue weighted by Gasteiger charge is 2.14. The number of hydrogen-bond donors (Lipinski definition) is 2. The molecule has 0 saturated carbocycles. The number of hydrogen-bond acceptors (Lipinski definition) is 4. The van der Waals surface area contributed by atoms with Crippen molar-refractivity contribution < 1.29 is 9.90 Å². The predicted octanol–water partition coefficient (Wildman–Crippen LogP) is 1.72. The van der Waals surface area contributed by atoms with Crippen LogP contribution < -0.4 is 0 Å². The summed E-state index contributed by atoms with van der Waals surface area (Å²) < 4.78 is 0. The first kappa shape index (κ1) is 10.4. The van der Waals surface area contributed by atoms with Crippen molar-refractivity contribution in [2.45, 2.75) is 0 Å². The van der Waals surface area contributed by atoms with E-state index in [1.807, 2.05) is 6.07 Å². The number of H-pyrrole nitrogens is 1. The van der Waals surface area contributed by atoms with Gasteiger partial charge in [0.1, 0.15) is 5.69 Å². The molecule has 0 atom stereocenters. The van der Waals surface area contributed by atoms with Crippen LogP contribution in [0.15, 0.2) is 36.7 Å². The zero-order valence-electron chi connectivity index (χ0n) is 9.16. The molecule has 0 aromatic carbocycles. The molecule has 6 nitrogen and oxygen atoms in total. The van der Waals surface area contributed by atoms with Crippen LogP contribution in [0.5, 0.6) is 0 Å². The second kappa shape index (κ2) is 3.92. The summed E-state index contributed by atoms with van der Waals surface area (Å²) in [6.45, 7) is 0. The smallest absolute Gasteiger partial charge is 0.338 e. The number of carboxylic acids is 1. The monoisotopic (exact) mass is 240 g/mol. The molecular formula is C12H8N4O2. The zero-order valence-corrected chi connectivity index (χ0v) is 9.16.